The number of thioether (sulfide) groups is 1. The van der Waals surface area contributed by atoms with E-state index in [9.17, 15) is 4.79 Å². The van der Waals surface area contributed by atoms with Crippen LogP contribution in [0.2, 0.25) is 0 Å². The molecule has 0 aliphatic heterocycles. The topological polar surface area (TPSA) is 44.1 Å². The van der Waals surface area contributed by atoms with Crippen LogP contribution < -0.4 is 10.3 Å². The summed E-state index contributed by atoms with van der Waals surface area (Å²) in [6.07, 6.45) is 2.59. The number of benzene rings is 2. The Kier molecular flexibility index (Phi) is 5.90. The van der Waals surface area contributed by atoms with Gasteiger partial charge in [0.05, 0.1) is 17.5 Å². The van der Waals surface area contributed by atoms with Gasteiger partial charge < -0.3 is 4.74 Å². The highest BCUT2D eigenvalue weighted by Gasteiger charge is 2.10. The van der Waals surface area contributed by atoms with Crippen molar-refractivity contribution in [3.05, 3.63) is 77.6 Å². The van der Waals surface area contributed by atoms with Gasteiger partial charge in [-0.2, -0.15) is 0 Å². The SMILES string of the molecule is C=CCn1c(SCCCOc2ccccc2)nc2ccccc2c1=O. The van der Waals surface area contributed by atoms with Gasteiger partial charge in [0, 0.05) is 12.3 Å². The molecule has 0 aliphatic carbocycles. The first-order valence-electron chi connectivity index (χ1n) is 8.20. The molecule has 4 nitrogen and oxygen atoms in total. The molecule has 1 aromatic heterocycles. The number of nitrogens with zero attached hydrogens (tertiary/aromatic N) is 2. The number of hydrogen-bond donors (Lipinski definition) is 0. The van der Waals surface area contributed by atoms with Gasteiger partial charge in [-0.15, -0.1) is 6.58 Å². The van der Waals surface area contributed by atoms with Crippen LogP contribution in [0.1, 0.15) is 6.42 Å². The Balaban J connectivity index is 1.67. The van der Waals surface area contributed by atoms with Crippen molar-refractivity contribution in [2.24, 2.45) is 0 Å². The first-order chi connectivity index (χ1) is 12.3. The average Bonchev–Trinajstić information content (AvgIpc) is 2.65. The van der Waals surface area contributed by atoms with Gasteiger partial charge >= 0.3 is 0 Å². The zero-order chi connectivity index (χ0) is 17.5. The molecule has 0 fully saturated rings. The maximum Gasteiger partial charge on any atom is 0.262 e. The standard InChI is InChI=1S/C20H20N2O2S/c1-2-13-22-19(23)17-11-6-7-12-18(17)21-20(22)25-15-8-14-24-16-9-4-3-5-10-16/h2-7,9-12H,1,8,13-15H2. The number of allylic oxidation sites excluding steroid dienone is 1. The lowest BCUT2D eigenvalue weighted by molar-refractivity contribution is 0.318. The summed E-state index contributed by atoms with van der Waals surface area (Å²) in [6.45, 7) is 4.84. The maximum atomic E-state index is 12.7. The van der Waals surface area contributed by atoms with E-state index < -0.39 is 0 Å². The van der Waals surface area contributed by atoms with E-state index in [1.807, 2.05) is 54.6 Å². The fourth-order valence-electron chi connectivity index (χ4n) is 2.48. The lowest BCUT2D eigenvalue weighted by Crippen LogP contribution is -2.22. The van der Waals surface area contributed by atoms with Crippen LogP contribution in [-0.2, 0) is 6.54 Å². The molecule has 0 saturated heterocycles. The van der Waals surface area contributed by atoms with E-state index in [1.54, 1.807) is 22.4 Å². The van der Waals surface area contributed by atoms with Crippen LogP contribution in [0.25, 0.3) is 10.9 Å². The number of rotatable bonds is 8. The monoisotopic (exact) mass is 352 g/mol. The predicted octanol–water partition coefficient (Wildman–Crippen LogP) is 4.14. The van der Waals surface area contributed by atoms with Crippen molar-refractivity contribution >= 4 is 22.7 Å². The third-order valence-electron chi connectivity index (χ3n) is 3.67. The summed E-state index contributed by atoms with van der Waals surface area (Å²) >= 11 is 1.58. The second kappa shape index (κ2) is 8.53. The van der Waals surface area contributed by atoms with Crippen LogP contribution in [0.5, 0.6) is 5.75 Å². The van der Waals surface area contributed by atoms with Gasteiger partial charge in [-0.1, -0.05) is 48.2 Å². The van der Waals surface area contributed by atoms with E-state index in [1.165, 1.54) is 0 Å². The highest BCUT2D eigenvalue weighted by Crippen LogP contribution is 2.19. The minimum absolute atomic E-state index is 0.0199. The Labute approximate surface area is 151 Å². The quantitative estimate of drug-likeness (QED) is 0.264. The Morgan fingerprint density at radius 2 is 1.88 bits per heavy atom. The summed E-state index contributed by atoms with van der Waals surface area (Å²) in [5, 5.41) is 1.37. The zero-order valence-electron chi connectivity index (χ0n) is 13.9. The molecule has 0 unspecified atom stereocenters. The van der Waals surface area contributed by atoms with Crippen molar-refractivity contribution in [1.29, 1.82) is 0 Å². The summed E-state index contributed by atoms with van der Waals surface area (Å²) in [5.41, 5.74) is 0.712. The predicted molar refractivity (Wildman–Crippen MR) is 103 cm³/mol. The molecule has 25 heavy (non-hydrogen) atoms. The lowest BCUT2D eigenvalue weighted by Gasteiger charge is -2.11. The smallest absolute Gasteiger partial charge is 0.262 e. The minimum Gasteiger partial charge on any atom is -0.494 e. The largest absolute Gasteiger partial charge is 0.494 e. The molecule has 3 aromatic rings. The molecule has 128 valence electrons. The van der Waals surface area contributed by atoms with E-state index in [0.29, 0.717) is 18.5 Å². The van der Waals surface area contributed by atoms with E-state index in [4.69, 9.17) is 4.74 Å². The Hall–Kier alpha value is -2.53. The molecule has 0 saturated carbocycles. The highest BCUT2D eigenvalue weighted by atomic mass is 32.2. The Morgan fingerprint density at radius 1 is 1.12 bits per heavy atom. The van der Waals surface area contributed by atoms with Crippen molar-refractivity contribution < 1.29 is 4.74 Å². The van der Waals surface area contributed by atoms with Crippen LogP contribution in [0.3, 0.4) is 0 Å². The summed E-state index contributed by atoms with van der Waals surface area (Å²) in [7, 11) is 0. The molecule has 0 amide bonds. The molecule has 0 aliphatic rings. The maximum absolute atomic E-state index is 12.7. The number of para-hydroxylation sites is 2. The van der Waals surface area contributed by atoms with Crippen molar-refractivity contribution in [3.8, 4) is 5.75 Å². The van der Waals surface area contributed by atoms with Crippen molar-refractivity contribution in [1.82, 2.24) is 9.55 Å². The third-order valence-corrected chi connectivity index (χ3v) is 4.73. The van der Waals surface area contributed by atoms with Crippen LogP contribution in [-0.4, -0.2) is 21.9 Å². The Bertz CT molecular complexity index is 906. The van der Waals surface area contributed by atoms with Crippen LogP contribution in [0.4, 0.5) is 0 Å². The van der Waals surface area contributed by atoms with Crippen molar-refractivity contribution in [3.63, 3.8) is 0 Å². The van der Waals surface area contributed by atoms with Crippen LogP contribution in [0, 0.1) is 0 Å². The molecule has 1 heterocycles. The van der Waals surface area contributed by atoms with E-state index in [2.05, 4.69) is 11.6 Å². The fourth-order valence-corrected chi connectivity index (χ4v) is 3.40. The number of aromatic nitrogens is 2. The molecule has 2 aromatic carbocycles. The third kappa shape index (κ3) is 4.31. The average molecular weight is 352 g/mol. The van der Waals surface area contributed by atoms with Gasteiger partial charge in [-0.25, -0.2) is 4.98 Å². The first kappa shape index (κ1) is 17.3. The van der Waals surface area contributed by atoms with E-state index in [0.717, 1.165) is 28.6 Å². The van der Waals surface area contributed by atoms with E-state index in [-0.39, 0.29) is 5.56 Å². The van der Waals surface area contributed by atoms with Gasteiger partial charge in [0.15, 0.2) is 5.16 Å². The van der Waals surface area contributed by atoms with Gasteiger partial charge in [0.1, 0.15) is 5.75 Å². The molecule has 0 bridgehead atoms. The first-order valence-corrected chi connectivity index (χ1v) is 9.19. The van der Waals surface area contributed by atoms with Gasteiger partial charge in [0.25, 0.3) is 5.56 Å². The number of ether oxygens (including phenoxy) is 1. The van der Waals surface area contributed by atoms with Crippen LogP contribution in [0.15, 0.2) is 77.2 Å². The summed E-state index contributed by atoms with van der Waals surface area (Å²) in [4.78, 5) is 17.3. The normalized spacial score (nSPS) is 10.7. The van der Waals surface area contributed by atoms with E-state index >= 15 is 0 Å². The fraction of sp³-hybridized carbons (Fsp3) is 0.200. The highest BCUT2D eigenvalue weighted by molar-refractivity contribution is 7.99. The van der Waals surface area contributed by atoms with Gasteiger partial charge in [-0.3, -0.25) is 9.36 Å². The minimum atomic E-state index is -0.0199. The molecule has 5 heteroatoms. The molecule has 0 spiro atoms. The molecular formula is C20H20N2O2S. The molecule has 0 N–H and O–H groups in total. The molecule has 0 atom stereocenters. The van der Waals surface area contributed by atoms with Crippen LogP contribution >= 0.6 is 11.8 Å². The summed E-state index contributed by atoms with van der Waals surface area (Å²) in [5.74, 6) is 1.70. The summed E-state index contributed by atoms with van der Waals surface area (Å²) in [6, 6.07) is 17.2. The summed E-state index contributed by atoms with van der Waals surface area (Å²) < 4.78 is 7.38. The van der Waals surface area contributed by atoms with Crippen molar-refractivity contribution in [2.75, 3.05) is 12.4 Å². The second-order valence-electron chi connectivity index (χ2n) is 5.48. The van der Waals surface area contributed by atoms with Gasteiger partial charge in [0.2, 0.25) is 0 Å². The second-order valence-corrected chi connectivity index (χ2v) is 6.54. The molecule has 3 rings (SSSR count). The van der Waals surface area contributed by atoms with Crippen molar-refractivity contribution in [2.45, 2.75) is 18.1 Å². The lowest BCUT2D eigenvalue weighted by atomic mass is 10.2. The Morgan fingerprint density at radius 3 is 2.68 bits per heavy atom. The van der Waals surface area contributed by atoms with Gasteiger partial charge in [-0.05, 0) is 30.7 Å². The number of hydrogen-bond acceptors (Lipinski definition) is 4. The molecule has 0 radical (unpaired) electrons. The zero-order valence-corrected chi connectivity index (χ0v) is 14.7. The number of fused-ring (bicyclic) bond motifs is 1. The molecular weight excluding hydrogens is 332 g/mol.